The summed E-state index contributed by atoms with van der Waals surface area (Å²) in [6.45, 7) is 0. The zero-order chi connectivity index (χ0) is 17.9. The van der Waals surface area contributed by atoms with E-state index in [0.29, 0.717) is 21.5 Å². The number of carbonyl (C=O) groups excluding carboxylic acids is 1. The molecule has 1 radical (unpaired) electrons. The first-order valence-corrected chi connectivity index (χ1v) is 8.52. The number of rotatable bonds is 7. The van der Waals surface area contributed by atoms with E-state index in [1.54, 1.807) is 12.1 Å². The van der Waals surface area contributed by atoms with Crippen LogP contribution in [0.4, 0.5) is 0 Å². The molecule has 0 amide bonds. The van der Waals surface area contributed by atoms with Gasteiger partial charge in [0, 0.05) is 5.39 Å². The first-order valence-electron chi connectivity index (χ1n) is 6.66. The van der Waals surface area contributed by atoms with Crippen molar-refractivity contribution < 1.29 is 27.9 Å². The molecule has 9 heteroatoms. The third kappa shape index (κ3) is 3.84. The van der Waals surface area contributed by atoms with Crippen LogP contribution in [0.3, 0.4) is 0 Å². The molecule has 2 aromatic carbocycles. The number of carboxylic acids is 1. The number of ether oxygens (including phenoxy) is 1. The molecule has 0 saturated heterocycles. The first-order chi connectivity index (χ1) is 11.3. The average molecular weight is 371 g/mol. The molecule has 0 aliphatic carbocycles. The van der Waals surface area contributed by atoms with Crippen LogP contribution in [-0.4, -0.2) is 38.9 Å². The van der Waals surface area contributed by atoms with Gasteiger partial charge in [0.25, 0.3) is 0 Å². The molecule has 7 nitrogen and oxygen atoms in total. The van der Waals surface area contributed by atoms with Crippen LogP contribution in [0.2, 0.25) is 5.02 Å². The second kappa shape index (κ2) is 7.16. The highest BCUT2D eigenvalue weighted by Crippen LogP contribution is 2.33. The van der Waals surface area contributed by atoms with Crippen molar-refractivity contribution in [2.45, 2.75) is 17.4 Å². The van der Waals surface area contributed by atoms with Gasteiger partial charge in [-0.25, -0.2) is 8.42 Å². The maximum absolute atomic E-state index is 12.3. The van der Waals surface area contributed by atoms with Crippen LogP contribution in [0.25, 0.3) is 10.8 Å². The third-order valence-electron chi connectivity index (χ3n) is 3.24. The average Bonchev–Trinajstić information content (AvgIpc) is 2.53. The molecule has 0 saturated carbocycles. The van der Waals surface area contributed by atoms with E-state index in [1.165, 1.54) is 31.6 Å². The number of hydrogen-bond donors (Lipinski definition) is 2. The standard InChI is InChI=1S/C15H13ClNO6S/c1-23-13-5-2-9-6-11(3-4-12(9)15(13)16)24(21,22)17-10(8-18)7-14(19)20/h2-6,10,17H,7H2,1H3,(H,19,20)/t10-/m0/s1. The van der Waals surface area contributed by atoms with E-state index in [-0.39, 0.29) is 4.90 Å². The molecule has 1 atom stereocenters. The number of sulfonamides is 1. The fourth-order valence-electron chi connectivity index (χ4n) is 2.11. The van der Waals surface area contributed by atoms with Crippen LogP contribution in [0, 0.1) is 0 Å². The molecule has 0 aliphatic rings. The zero-order valence-corrected chi connectivity index (χ0v) is 14.0. The van der Waals surface area contributed by atoms with Crippen molar-refractivity contribution in [3.05, 3.63) is 35.4 Å². The number of benzene rings is 2. The second-order valence-electron chi connectivity index (χ2n) is 4.85. The largest absolute Gasteiger partial charge is 0.495 e. The van der Waals surface area contributed by atoms with Gasteiger partial charge in [-0.05, 0) is 23.6 Å². The van der Waals surface area contributed by atoms with Gasteiger partial charge in [-0.3, -0.25) is 9.59 Å². The lowest BCUT2D eigenvalue weighted by Gasteiger charge is -2.12. The highest BCUT2D eigenvalue weighted by atomic mass is 35.5. The van der Waals surface area contributed by atoms with E-state index < -0.39 is 28.5 Å². The minimum Gasteiger partial charge on any atom is -0.495 e. The van der Waals surface area contributed by atoms with Crippen molar-refractivity contribution in [1.82, 2.24) is 4.72 Å². The Hall–Kier alpha value is -2.16. The fourth-order valence-corrected chi connectivity index (χ4v) is 3.60. The SMILES string of the molecule is COc1ccc2cc(S(=O)(=O)N[C@H]([C]=O)CC(=O)O)ccc2c1Cl. The number of methoxy groups -OCH3 is 1. The quantitative estimate of drug-likeness (QED) is 0.768. The lowest BCUT2D eigenvalue weighted by Crippen LogP contribution is -2.37. The van der Waals surface area contributed by atoms with Crippen LogP contribution in [0.5, 0.6) is 5.75 Å². The van der Waals surface area contributed by atoms with Crippen molar-refractivity contribution in [2.75, 3.05) is 7.11 Å². The number of carboxylic acid groups (broad SMARTS) is 1. The Labute approximate surface area is 143 Å². The van der Waals surface area contributed by atoms with Gasteiger partial charge in [-0.2, -0.15) is 4.72 Å². The van der Waals surface area contributed by atoms with Gasteiger partial charge >= 0.3 is 5.97 Å². The number of hydrogen-bond acceptors (Lipinski definition) is 5. The van der Waals surface area contributed by atoms with E-state index in [1.807, 2.05) is 4.72 Å². The van der Waals surface area contributed by atoms with Gasteiger partial charge in [0.15, 0.2) is 0 Å². The Bertz CT molecular complexity index is 896. The predicted molar refractivity (Wildman–Crippen MR) is 87.6 cm³/mol. The summed E-state index contributed by atoms with van der Waals surface area (Å²) < 4.78 is 31.7. The van der Waals surface area contributed by atoms with Crippen LogP contribution in [-0.2, 0) is 19.6 Å². The molecular formula is C15H13ClNO6S. The van der Waals surface area contributed by atoms with Crippen molar-refractivity contribution >= 4 is 44.7 Å². The van der Waals surface area contributed by atoms with E-state index in [2.05, 4.69) is 0 Å². The fraction of sp³-hybridized carbons (Fsp3) is 0.200. The van der Waals surface area contributed by atoms with Crippen molar-refractivity contribution in [2.24, 2.45) is 0 Å². The van der Waals surface area contributed by atoms with Gasteiger partial charge in [-0.1, -0.05) is 23.7 Å². The molecule has 0 heterocycles. The van der Waals surface area contributed by atoms with E-state index in [4.69, 9.17) is 21.4 Å². The first kappa shape index (κ1) is 18.2. The van der Waals surface area contributed by atoms with Crippen molar-refractivity contribution in [3.63, 3.8) is 0 Å². The van der Waals surface area contributed by atoms with Crippen molar-refractivity contribution in [3.8, 4) is 5.75 Å². The molecule has 0 fully saturated rings. The number of fused-ring (bicyclic) bond motifs is 1. The van der Waals surface area contributed by atoms with E-state index in [0.717, 1.165) is 0 Å². The van der Waals surface area contributed by atoms with Crippen molar-refractivity contribution in [1.29, 1.82) is 0 Å². The van der Waals surface area contributed by atoms with Gasteiger partial charge in [0.1, 0.15) is 5.75 Å². The Morgan fingerprint density at radius 1 is 1.38 bits per heavy atom. The predicted octanol–water partition coefficient (Wildman–Crippen LogP) is 1.73. The lowest BCUT2D eigenvalue weighted by atomic mass is 10.1. The summed E-state index contributed by atoms with van der Waals surface area (Å²) in [5.74, 6) is -0.863. The lowest BCUT2D eigenvalue weighted by molar-refractivity contribution is -0.137. The topological polar surface area (TPSA) is 110 Å². The molecule has 0 spiro atoms. The number of carbonyl (C=O) groups is 1. The monoisotopic (exact) mass is 370 g/mol. The normalized spacial score (nSPS) is 12.8. The molecule has 2 aromatic rings. The number of aliphatic carboxylic acids is 1. The molecule has 0 aromatic heterocycles. The number of nitrogens with one attached hydrogen (secondary N) is 1. The summed E-state index contributed by atoms with van der Waals surface area (Å²) in [5, 5.41) is 10.2. The summed E-state index contributed by atoms with van der Waals surface area (Å²) in [6, 6.07) is 5.94. The van der Waals surface area contributed by atoms with Crippen LogP contribution >= 0.6 is 11.6 Å². The molecule has 2 N–H and O–H groups in total. The molecule has 24 heavy (non-hydrogen) atoms. The molecule has 2 rings (SSSR count). The summed E-state index contributed by atoms with van der Waals surface area (Å²) in [7, 11) is -2.62. The highest BCUT2D eigenvalue weighted by Gasteiger charge is 2.23. The third-order valence-corrected chi connectivity index (χ3v) is 5.10. The number of halogens is 1. The van der Waals surface area contributed by atoms with Gasteiger partial charge < -0.3 is 9.84 Å². The maximum atomic E-state index is 12.3. The minimum absolute atomic E-state index is 0.123. The zero-order valence-electron chi connectivity index (χ0n) is 12.4. The van der Waals surface area contributed by atoms with Crippen LogP contribution in [0.15, 0.2) is 35.2 Å². The van der Waals surface area contributed by atoms with Gasteiger partial charge in [0.05, 0.1) is 29.5 Å². The highest BCUT2D eigenvalue weighted by molar-refractivity contribution is 7.89. The molecular weight excluding hydrogens is 358 g/mol. The van der Waals surface area contributed by atoms with Gasteiger partial charge in [0.2, 0.25) is 16.3 Å². The Balaban J connectivity index is 2.40. The van der Waals surface area contributed by atoms with Crippen LogP contribution < -0.4 is 9.46 Å². The minimum atomic E-state index is -4.09. The molecule has 0 unspecified atom stereocenters. The second-order valence-corrected chi connectivity index (χ2v) is 6.95. The van der Waals surface area contributed by atoms with E-state index in [9.17, 15) is 18.0 Å². The Kier molecular flexibility index (Phi) is 5.43. The Morgan fingerprint density at radius 3 is 2.67 bits per heavy atom. The van der Waals surface area contributed by atoms with E-state index >= 15 is 0 Å². The van der Waals surface area contributed by atoms with Gasteiger partial charge in [-0.15, -0.1) is 0 Å². The molecule has 127 valence electrons. The molecule has 0 bridgehead atoms. The summed E-state index contributed by atoms with van der Waals surface area (Å²) in [6.07, 6.45) is 0.667. The summed E-state index contributed by atoms with van der Waals surface area (Å²) in [5.41, 5.74) is 0. The smallest absolute Gasteiger partial charge is 0.305 e. The summed E-state index contributed by atoms with van der Waals surface area (Å²) in [4.78, 5) is 21.2. The molecule has 0 aliphatic heterocycles. The Morgan fingerprint density at radius 2 is 2.08 bits per heavy atom. The summed E-state index contributed by atoms with van der Waals surface area (Å²) >= 11 is 6.17. The van der Waals surface area contributed by atoms with Crippen LogP contribution in [0.1, 0.15) is 6.42 Å². The maximum Gasteiger partial charge on any atom is 0.305 e.